The van der Waals surface area contributed by atoms with E-state index in [2.05, 4.69) is 4.99 Å². The molecule has 1 aliphatic rings. The molecule has 0 saturated carbocycles. The topological polar surface area (TPSA) is 109 Å². The number of nitrogens with zero attached hydrogens (tertiary/aromatic N) is 4. The molecule has 10 heteroatoms. The van der Waals surface area contributed by atoms with Gasteiger partial charge in [0.1, 0.15) is 0 Å². The number of hydrogen-bond acceptors (Lipinski definition) is 7. The molecule has 0 fully saturated rings. The van der Waals surface area contributed by atoms with Gasteiger partial charge in [-0.25, -0.2) is 9.79 Å². The molecule has 5 aromatic rings. The first-order valence-corrected chi connectivity index (χ1v) is 14.2. The Morgan fingerprint density at radius 3 is 2.55 bits per heavy atom. The summed E-state index contributed by atoms with van der Waals surface area (Å²) in [5.41, 5.74) is 3.68. The Morgan fingerprint density at radius 2 is 1.79 bits per heavy atom. The number of esters is 1. The van der Waals surface area contributed by atoms with Crippen molar-refractivity contribution in [1.82, 2.24) is 9.13 Å². The fourth-order valence-electron chi connectivity index (χ4n) is 5.41. The average Bonchev–Trinajstić information content (AvgIpc) is 3.49. The molecule has 210 valence electrons. The van der Waals surface area contributed by atoms with Gasteiger partial charge in [-0.1, -0.05) is 78.1 Å². The van der Waals surface area contributed by atoms with Crippen LogP contribution in [-0.2, 0) is 16.1 Å². The Bertz CT molecular complexity index is 2070. The normalized spacial score (nSPS) is 15.0. The van der Waals surface area contributed by atoms with Crippen LogP contribution in [0.1, 0.15) is 36.6 Å². The van der Waals surface area contributed by atoms with Gasteiger partial charge >= 0.3 is 5.97 Å². The van der Waals surface area contributed by atoms with Gasteiger partial charge in [-0.2, -0.15) is 0 Å². The molecule has 0 spiro atoms. The summed E-state index contributed by atoms with van der Waals surface area (Å²) in [6.45, 7) is 4.00. The van der Waals surface area contributed by atoms with Crippen LogP contribution < -0.4 is 14.9 Å². The van der Waals surface area contributed by atoms with E-state index in [9.17, 15) is 19.7 Å². The molecule has 1 atom stereocenters. The van der Waals surface area contributed by atoms with Crippen molar-refractivity contribution in [3.8, 4) is 0 Å². The third-order valence-corrected chi connectivity index (χ3v) is 8.25. The number of para-hydroxylation sites is 2. The zero-order valence-corrected chi connectivity index (χ0v) is 23.7. The number of carbonyl (C=O) groups excluding carboxylic acids is 1. The predicted molar refractivity (Wildman–Crippen MR) is 161 cm³/mol. The van der Waals surface area contributed by atoms with Crippen LogP contribution in [0.15, 0.2) is 106 Å². The third-order valence-electron chi connectivity index (χ3n) is 7.27. The fraction of sp³-hybridized carbons (Fsp3) is 0.156. The number of fused-ring (bicyclic) bond motifs is 2. The maximum absolute atomic E-state index is 14.0. The van der Waals surface area contributed by atoms with Crippen LogP contribution in [0.4, 0.5) is 5.69 Å². The molecule has 0 N–H and O–H groups in total. The van der Waals surface area contributed by atoms with E-state index in [4.69, 9.17) is 4.74 Å². The Hall–Kier alpha value is -5.09. The van der Waals surface area contributed by atoms with Gasteiger partial charge in [0.2, 0.25) is 0 Å². The maximum atomic E-state index is 14.0. The number of rotatable bonds is 7. The van der Waals surface area contributed by atoms with E-state index in [1.165, 1.54) is 17.4 Å². The van der Waals surface area contributed by atoms with Crippen molar-refractivity contribution in [2.45, 2.75) is 26.4 Å². The van der Waals surface area contributed by atoms with Crippen LogP contribution in [0.5, 0.6) is 0 Å². The number of nitro groups is 1. The third kappa shape index (κ3) is 4.75. The number of ether oxygens (including phenoxy) is 1. The Morgan fingerprint density at radius 1 is 1.07 bits per heavy atom. The largest absolute Gasteiger partial charge is 0.463 e. The van der Waals surface area contributed by atoms with Crippen LogP contribution in [0.2, 0.25) is 0 Å². The molecule has 6 rings (SSSR count). The van der Waals surface area contributed by atoms with E-state index in [0.29, 0.717) is 32.7 Å². The highest BCUT2D eigenvalue weighted by Gasteiger charge is 2.33. The summed E-state index contributed by atoms with van der Waals surface area (Å²) >= 11 is 1.26. The minimum absolute atomic E-state index is 0.0545. The van der Waals surface area contributed by atoms with Gasteiger partial charge in [-0.05, 0) is 31.6 Å². The molecule has 0 radical (unpaired) electrons. The van der Waals surface area contributed by atoms with E-state index in [1.807, 2.05) is 71.4 Å². The standard InChI is InChI=1S/C32H26N4O5S/c1-3-41-31(38)28-20(2)33-32-35(29(28)21-11-5-4-6-12-21)30(37)27(42-32)17-23-19-34(26-16-10-8-14-24(23)26)18-22-13-7-9-15-25(22)36(39)40/h4-17,19,29H,3,18H2,1-2H3/b27-17+/t29-/m0/s1. The second kappa shape index (κ2) is 11.1. The van der Waals surface area contributed by atoms with Crippen LogP contribution in [0.3, 0.4) is 0 Å². The monoisotopic (exact) mass is 578 g/mol. The second-order valence-corrected chi connectivity index (χ2v) is 10.8. The van der Waals surface area contributed by atoms with Crippen LogP contribution in [-0.4, -0.2) is 26.6 Å². The minimum atomic E-state index is -0.677. The molecule has 42 heavy (non-hydrogen) atoms. The van der Waals surface area contributed by atoms with Crippen molar-refractivity contribution in [3.05, 3.63) is 143 Å². The number of thiazole rings is 1. The quantitative estimate of drug-likeness (QED) is 0.158. The van der Waals surface area contributed by atoms with Crippen molar-refractivity contribution in [2.75, 3.05) is 6.61 Å². The molecule has 1 aliphatic heterocycles. The number of benzene rings is 3. The zero-order chi connectivity index (χ0) is 29.4. The first-order valence-electron chi connectivity index (χ1n) is 13.4. The molecule has 0 unspecified atom stereocenters. The summed E-state index contributed by atoms with van der Waals surface area (Å²) in [6.07, 6.45) is 3.73. The number of aromatic nitrogens is 2. The number of allylic oxidation sites excluding steroid dienone is 1. The zero-order valence-electron chi connectivity index (χ0n) is 22.9. The first-order chi connectivity index (χ1) is 20.4. The summed E-state index contributed by atoms with van der Waals surface area (Å²) in [5, 5.41) is 12.5. The lowest BCUT2D eigenvalue weighted by Crippen LogP contribution is -2.39. The van der Waals surface area contributed by atoms with Crippen molar-refractivity contribution < 1.29 is 14.5 Å². The van der Waals surface area contributed by atoms with E-state index < -0.39 is 12.0 Å². The molecule has 9 nitrogen and oxygen atoms in total. The summed E-state index contributed by atoms with van der Waals surface area (Å²) in [6, 6.07) is 23.1. The van der Waals surface area contributed by atoms with Gasteiger partial charge in [-0.3, -0.25) is 19.5 Å². The van der Waals surface area contributed by atoms with Crippen molar-refractivity contribution in [1.29, 1.82) is 0 Å². The molecule has 0 amide bonds. The van der Waals surface area contributed by atoms with Crippen molar-refractivity contribution in [2.24, 2.45) is 4.99 Å². The smallest absolute Gasteiger partial charge is 0.338 e. The van der Waals surface area contributed by atoms with E-state index in [1.54, 1.807) is 36.6 Å². The Balaban J connectivity index is 1.51. The molecular weight excluding hydrogens is 552 g/mol. The summed E-state index contributed by atoms with van der Waals surface area (Å²) in [5.74, 6) is -0.500. The van der Waals surface area contributed by atoms with Gasteiger partial charge in [0, 0.05) is 34.3 Å². The molecule has 0 bridgehead atoms. The Kier molecular flexibility index (Phi) is 7.13. The number of nitro benzene ring substituents is 1. The minimum Gasteiger partial charge on any atom is -0.463 e. The predicted octanol–water partition coefficient (Wildman–Crippen LogP) is 4.71. The van der Waals surface area contributed by atoms with E-state index >= 15 is 0 Å². The maximum Gasteiger partial charge on any atom is 0.338 e. The fourth-order valence-corrected chi connectivity index (χ4v) is 6.45. The van der Waals surface area contributed by atoms with Gasteiger partial charge in [0.05, 0.1) is 39.9 Å². The van der Waals surface area contributed by atoms with Crippen molar-refractivity contribution >= 4 is 40.0 Å². The lowest BCUT2D eigenvalue weighted by Gasteiger charge is -2.24. The van der Waals surface area contributed by atoms with Gasteiger partial charge in [0.25, 0.3) is 11.2 Å². The highest BCUT2D eigenvalue weighted by atomic mass is 32.1. The number of carbonyl (C=O) groups is 1. The molecule has 0 saturated heterocycles. The van der Waals surface area contributed by atoms with E-state index in [0.717, 1.165) is 22.0 Å². The molecule has 3 heterocycles. The second-order valence-electron chi connectivity index (χ2n) is 9.83. The molecule has 0 aliphatic carbocycles. The van der Waals surface area contributed by atoms with Crippen LogP contribution >= 0.6 is 11.3 Å². The first kappa shape index (κ1) is 27.1. The lowest BCUT2D eigenvalue weighted by atomic mass is 9.96. The molecule has 3 aromatic carbocycles. The summed E-state index contributed by atoms with van der Waals surface area (Å²) in [4.78, 5) is 43.5. The van der Waals surface area contributed by atoms with Gasteiger partial charge < -0.3 is 9.30 Å². The lowest BCUT2D eigenvalue weighted by molar-refractivity contribution is -0.385. The summed E-state index contributed by atoms with van der Waals surface area (Å²) < 4.78 is 9.34. The van der Waals surface area contributed by atoms with Crippen molar-refractivity contribution in [3.63, 3.8) is 0 Å². The van der Waals surface area contributed by atoms with E-state index in [-0.39, 0.29) is 22.8 Å². The number of hydrogen-bond donors (Lipinski definition) is 0. The molecular formula is C32H26N4O5S. The Labute approximate surface area is 244 Å². The highest BCUT2D eigenvalue weighted by Crippen LogP contribution is 2.31. The SMILES string of the molecule is CCOC(=O)C1=C(C)N=c2s/c(=C/c3cn(Cc4ccccc4[N+](=O)[O-])c4ccccc34)c(=O)n2[C@H]1c1ccccc1. The highest BCUT2D eigenvalue weighted by molar-refractivity contribution is 7.07. The summed E-state index contributed by atoms with van der Waals surface area (Å²) in [7, 11) is 0. The average molecular weight is 579 g/mol. The van der Waals surface area contributed by atoms with Gasteiger partial charge in [0.15, 0.2) is 4.80 Å². The van der Waals surface area contributed by atoms with Crippen LogP contribution in [0.25, 0.3) is 17.0 Å². The molecule has 2 aromatic heterocycles. The van der Waals surface area contributed by atoms with Gasteiger partial charge in [-0.15, -0.1) is 0 Å². The van der Waals surface area contributed by atoms with Crippen LogP contribution in [0, 0.1) is 10.1 Å².